The molecule has 0 fully saturated rings. The van der Waals surface area contributed by atoms with Gasteiger partial charge in [-0.25, -0.2) is 9.48 Å². The highest BCUT2D eigenvalue weighted by Crippen LogP contribution is 2.03. The average Bonchev–Trinajstić information content (AvgIpc) is 2.83. The van der Waals surface area contributed by atoms with Gasteiger partial charge in [-0.1, -0.05) is 47.7 Å². The minimum absolute atomic E-state index is 0.659. The van der Waals surface area contributed by atoms with Crippen LogP contribution in [-0.2, 0) is 11.3 Å². The van der Waals surface area contributed by atoms with Crippen molar-refractivity contribution >= 4 is 12.0 Å². The van der Waals surface area contributed by atoms with Crippen LogP contribution in [0, 0.1) is 0 Å². The third-order valence-electron chi connectivity index (χ3n) is 2.36. The predicted octanol–water partition coefficient (Wildman–Crippen LogP) is 1.98. The Morgan fingerprint density at radius 1 is 1.26 bits per heavy atom. The Morgan fingerprint density at radius 2 is 2.05 bits per heavy atom. The van der Waals surface area contributed by atoms with E-state index in [1.165, 1.54) is 6.08 Å². The van der Waals surface area contributed by atoms with Gasteiger partial charge in [0.25, 0.3) is 0 Å². The number of hydrogen-bond acceptors (Lipinski definition) is 3. The van der Waals surface area contributed by atoms with Crippen LogP contribution < -0.4 is 0 Å². The molecule has 1 heterocycles. The highest BCUT2D eigenvalue weighted by Gasteiger charge is 1.98. The van der Waals surface area contributed by atoms with Crippen LogP contribution in [0.1, 0.15) is 11.3 Å². The third kappa shape index (κ3) is 4.23. The Bertz CT molecular complexity index is 600. The standard InChI is InChI=1S/C14H13N3O2/c18-14(19)9-5-4-8-13-11-17(16-15-13)10-12-6-2-1-3-7-12/h1-9,11H,10H2,(H,18,19). The molecule has 0 unspecified atom stereocenters. The van der Waals surface area contributed by atoms with Crippen molar-refractivity contribution < 1.29 is 9.90 Å². The lowest BCUT2D eigenvalue weighted by Gasteiger charge is -1.98. The summed E-state index contributed by atoms with van der Waals surface area (Å²) < 4.78 is 1.73. The van der Waals surface area contributed by atoms with Gasteiger partial charge >= 0.3 is 5.97 Å². The van der Waals surface area contributed by atoms with Gasteiger partial charge in [0.2, 0.25) is 0 Å². The third-order valence-corrected chi connectivity index (χ3v) is 2.36. The Labute approximate surface area is 110 Å². The molecule has 0 atom stereocenters. The molecule has 0 saturated heterocycles. The molecule has 1 aromatic heterocycles. The molecule has 5 heteroatoms. The van der Waals surface area contributed by atoms with Crippen molar-refractivity contribution in [3.05, 3.63) is 66.0 Å². The predicted molar refractivity (Wildman–Crippen MR) is 71.4 cm³/mol. The van der Waals surface area contributed by atoms with Crippen molar-refractivity contribution in [2.24, 2.45) is 0 Å². The van der Waals surface area contributed by atoms with Crippen LogP contribution in [-0.4, -0.2) is 26.1 Å². The fourth-order valence-corrected chi connectivity index (χ4v) is 1.53. The summed E-state index contributed by atoms with van der Waals surface area (Å²) in [5, 5.41) is 16.4. The van der Waals surface area contributed by atoms with Gasteiger partial charge in [-0.05, 0) is 11.6 Å². The molecule has 2 aromatic rings. The number of carboxylic acids is 1. The first-order valence-corrected chi connectivity index (χ1v) is 5.76. The van der Waals surface area contributed by atoms with Crippen LogP contribution in [0.2, 0.25) is 0 Å². The summed E-state index contributed by atoms with van der Waals surface area (Å²) >= 11 is 0. The number of aliphatic carboxylic acids is 1. The molecule has 0 aliphatic rings. The summed E-state index contributed by atoms with van der Waals surface area (Å²) in [6, 6.07) is 9.96. The van der Waals surface area contributed by atoms with Gasteiger partial charge in [-0.2, -0.15) is 0 Å². The molecule has 0 amide bonds. The fraction of sp³-hybridized carbons (Fsp3) is 0.0714. The maximum atomic E-state index is 10.3. The number of carboxylic acid groups (broad SMARTS) is 1. The average molecular weight is 255 g/mol. The van der Waals surface area contributed by atoms with Gasteiger partial charge < -0.3 is 5.11 Å². The second kappa shape index (κ2) is 6.30. The number of allylic oxidation sites excluding steroid dienone is 2. The zero-order valence-corrected chi connectivity index (χ0v) is 10.2. The highest BCUT2D eigenvalue weighted by atomic mass is 16.4. The first-order valence-electron chi connectivity index (χ1n) is 5.76. The molecule has 5 nitrogen and oxygen atoms in total. The molecule has 1 N–H and O–H groups in total. The van der Waals surface area contributed by atoms with Gasteiger partial charge in [0.1, 0.15) is 5.69 Å². The van der Waals surface area contributed by atoms with E-state index in [0.29, 0.717) is 12.2 Å². The van der Waals surface area contributed by atoms with Crippen molar-refractivity contribution in [1.82, 2.24) is 15.0 Å². The molecule has 0 bridgehead atoms. The number of hydrogen-bond donors (Lipinski definition) is 1. The molecule has 1 aromatic carbocycles. The Balaban J connectivity index is 1.97. The van der Waals surface area contributed by atoms with Crippen LogP contribution in [0.5, 0.6) is 0 Å². The van der Waals surface area contributed by atoms with Crippen molar-refractivity contribution in [3.8, 4) is 0 Å². The van der Waals surface area contributed by atoms with E-state index in [4.69, 9.17) is 5.11 Å². The van der Waals surface area contributed by atoms with Crippen LogP contribution in [0.3, 0.4) is 0 Å². The second-order valence-corrected chi connectivity index (χ2v) is 3.88. The first-order chi connectivity index (χ1) is 9.24. The number of aromatic nitrogens is 3. The quantitative estimate of drug-likeness (QED) is 0.655. The Kier molecular flexibility index (Phi) is 4.23. The van der Waals surface area contributed by atoms with E-state index in [1.54, 1.807) is 23.0 Å². The Hall–Kier alpha value is -2.69. The summed E-state index contributed by atoms with van der Waals surface area (Å²) in [4.78, 5) is 10.3. The number of carbonyl (C=O) groups is 1. The lowest BCUT2D eigenvalue weighted by molar-refractivity contribution is -0.131. The zero-order chi connectivity index (χ0) is 13.5. The van der Waals surface area contributed by atoms with Gasteiger partial charge in [0.05, 0.1) is 12.7 Å². The summed E-state index contributed by atoms with van der Waals surface area (Å²) in [6.07, 6.45) is 7.63. The van der Waals surface area contributed by atoms with E-state index in [2.05, 4.69) is 10.3 Å². The lowest BCUT2D eigenvalue weighted by atomic mass is 10.2. The van der Waals surface area contributed by atoms with Gasteiger partial charge in [0.15, 0.2) is 0 Å². The molecule has 2 rings (SSSR count). The SMILES string of the molecule is O=C(O)C=CC=Cc1cn(Cc2ccccc2)nn1. The minimum Gasteiger partial charge on any atom is -0.478 e. The molecule has 0 radical (unpaired) electrons. The lowest BCUT2D eigenvalue weighted by Crippen LogP contribution is -1.99. The summed E-state index contributed by atoms with van der Waals surface area (Å²) in [6.45, 7) is 0.659. The largest absolute Gasteiger partial charge is 0.478 e. The molecule has 19 heavy (non-hydrogen) atoms. The number of nitrogens with zero attached hydrogens (tertiary/aromatic N) is 3. The molecule has 0 aliphatic carbocycles. The van der Waals surface area contributed by atoms with Crippen molar-refractivity contribution in [1.29, 1.82) is 0 Å². The fourth-order valence-electron chi connectivity index (χ4n) is 1.53. The molecule has 0 spiro atoms. The van der Waals surface area contributed by atoms with Gasteiger partial charge in [-0.15, -0.1) is 5.10 Å². The minimum atomic E-state index is -0.975. The first kappa shape index (κ1) is 12.8. The second-order valence-electron chi connectivity index (χ2n) is 3.88. The highest BCUT2D eigenvalue weighted by molar-refractivity contribution is 5.80. The van der Waals surface area contributed by atoms with E-state index >= 15 is 0 Å². The van der Waals surface area contributed by atoms with E-state index in [-0.39, 0.29) is 0 Å². The van der Waals surface area contributed by atoms with E-state index < -0.39 is 5.97 Å². The van der Waals surface area contributed by atoms with E-state index in [1.807, 2.05) is 30.3 Å². The van der Waals surface area contributed by atoms with Crippen LogP contribution in [0.15, 0.2) is 54.8 Å². The maximum Gasteiger partial charge on any atom is 0.328 e. The van der Waals surface area contributed by atoms with Crippen molar-refractivity contribution in [2.45, 2.75) is 6.54 Å². The maximum absolute atomic E-state index is 10.3. The van der Waals surface area contributed by atoms with E-state index in [0.717, 1.165) is 11.6 Å². The van der Waals surface area contributed by atoms with Crippen molar-refractivity contribution in [2.75, 3.05) is 0 Å². The zero-order valence-electron chi connectivity index (χ0n) is 10.2. The number of benzene rings is 1. The van der Waals surface area contributed by atoms with Crippen LogP contribution >= 0.6 is 0 Å². The van der Waals surface area contributed by atoms with Crippen LogP contribution in [0.4, 0.5) is 0 Å². The molecule has 0 aliphatic heterocycles. The smallest absolute Gasteiger partial charge is 0.328 e. The van der Waals surface area contributed by atoms with Gasteiger partial charge in [-0.3, -0.25) is 0 Å². The molecular formula is C14H13N3O2. The summed E-state index contributed by atoms with van der Waals surface area (Å²) in [5.74, 6) is -0.975. The van der Waals surface area contributed by atoms with Crippen LogP contribution in [0.25, 0.3) is 6.08 Å². The molecule has 0 saturated carbocycles. The normalized spacial score (nSPS) is 11.4. The molecular weight excluding hydrogens is 242 g/mol. The Morgan fingerprint density at radius 3 is 2.79 bits per heavy atom. The topological polar surface area (TPSA) is 68.0 Å². The monoisotopic (exact) mass is 255 g/mol. The van der Waals surface area contributed by atoms with Gasteiger partial charge in [0, 0.05) is 6.08 Å². The molecule has 96 valence electrons. The summed E-state index contributed by atoms with van der Waals surface area (Å²) in [5.41, 5.74) is 1.83. The summed E-state index contributed by atoms with van der Waals surface area (Å²) in [7, 11) is 0. The van der Waals surface area contributed by atoms with E-state index in [9.17, 15) is 4.79 Å². The van der Waals surface area contributed by atoms with Crippen molar-refractivity contribution in [3.63, 3.8) is 0 Å². The number of rotatable bonds is 5.